The number of hydrogen-bond donors (Lipinski definition) is 0. The van der Waals surface area contributed by atoms with Gasteiger partial charge in [0.25, 0.3) is 0 Å². The van der Waals surface area contributed by atoms with E-state index in [-0.39, 0.29) is 11.6 Å². The second kappa shape index (κ2) is 9.08. The lowest BCUT2D eigenvalue weighted by Gasteiger charge is -2.08. The van der Waals surface area contributed by atoms with Crippen LogP contribution in [0.15, 0.2) is 72.8 Å². The van der Waals surface area contributed by atoms with Gasteiger partial charge < -0.3 is 0 Å². The summed E-state index contributed by atoms with van der Waals surface area (Å²) >= 11 is 0. The van der Waals surface area contributed by atoms with Gasteiger partial charge >= 0.3 is 6.18 Å². The maximum atomic E-state index is 14.2. The van der Waals surface area contributed by atoms with Gasteiger partial charge in [-0.05, 0) is 52.8 Å². The fourth-order valence-electron chi connectivity index (χ4n) is 3.13. The van der Waals surface area contributed by atoms with Gasteiger partial charge in [-0.25, -0.2) is 4.39 Å². The van der Waals surface area contributed by atoms with Crippen LogP contribution in [0.25, 0.3) is 28.3 Å². The van der Waals surface area contributed by atoms with E-state index in [0.717, 1.165) is 29.2 Å². The van der Waals surface area contributed by atoms with Gasteiger partial charge in [-0.15, -0.1) is 0 Å². The van der Waals surface area contributed by atoms with Crippen LogP contribution >= 0.6 is 0 Å². The van der Waals surface area contributed by atoms with Crippen molar-refractivity contribution < 1.29 is 17.6 Å². The van der Waals surface area contributed by atoms with Gasteiger partial charge in [0, 0.05) is 11.6 Å². The smallest absolute Gasteiger partial charge is 0.206 e. The molecule has 3 aromatic carbocycles. The van der Waals surface area contributed by atoms with Crippen LogP contribution < -0.4 is 0 Å². The number of halogens is 4. The molecule has 0 heterocycles. The highest BCUT2D eigenvalue weighted by molar-refractivity contribution is 5.71. The first-order valence-corrected chi connectivity index (χ1v) is 9.61. The Morgan fingerprint density at radius 3 is 1.79 bits per heavy atom. The molecule has 0 fully saturated rings. The minimum Gasteiger partial charge on any atom is -0.206 e. The van der Waals surface area contributed by atoms with Gasteiger partial charge in [-0.2, -0.15) is 13.2 Å². The van der Waals surface area contributed by atoms with Crippen molar-refractivity contribution in [3.8, 4) is 22.3 Å². The van der Waals surface area contributed by atoms with Gasteiger partial charge in [0.2, 0.25) is 0 Å². The molecule has 29 heavy (non-hydrogen) atoms. The molecule has 0 aliphatic rings. The summed E-state index contributed by atoms with van der Waals surface area (Å²) in [5, 5.41) is 0. The van der Waals surface area contributed by atoms with Gasteiger partial charge in [0.15, 0.2) is 0 Å². The zero-order valence-electron chi connectivity index (χ0n) is 16.1. The highest BCUT2D eigenvalue weighted by atomic mass is 19.4. The Morgan fingerprint density at radius 1 is 0.759 bits per heavy atom. The summed E-state index contributed by atoms with van der Waals surface area (Å²) in [6, 6.07) is 20.4. The zero-order valence-corrected chi connectivity index (χ0v) is 16.1. The molecule has 0 nitrogen and oxygen atoms in total. The van der Waals surface area contributed by atoms with Crippen molar-refractivity contribution in [2.45, 2.75) is 32.4 Å². The summed E-state index contributed by atoms with van der Waals surface area (Å²) in [6.07, 6.45) is -0.261. The first kappa shape index (κ1) is 20.8. The molecule has 0 spiro atoms. The Balaban J connectivity index is 1.76. The molecule has 3 rings (SSSR count). The number of hydrogen-bond acceptors (Lipinski definition) is 0. The number of rotatable bonds is 6. The van der Waals surface area contributed by atoms with Crippen LogP contribution in [0, 0.1) is 5.82 Å². The molecule has 150 valence electrons. The van der Waals surface area contributed by atoms with Crippen LogP contribution in [0.5, 0.6) is 0 Å². The molecule has 0 unspecified atom stereocenters. The SMILES string of the molecule is CCCCc1ccc(-c2ccc(-c3ccc(C=CC(F)(F)F)c(F)c3)cc2)cc1. The average Bonchev–Trinajstić information content (AvgIpc) is 2.71. The molecule has 0 aliphatic carbocycles. The second-order valence-corrected chi connectivity index (χ2v) is 6.99. The molecule has 0 atom stereocenters. The molecule has 0 bridgehead atoms. The van der Waals surface area contributed by atoms with Crippen LogP contribution in [-0.2, 0) is 6.42 Å². The summed E-state index contributed by atoms with van der Waals surface area (Å²) in [5.41, 5.74) is 4.82. The standard InChI is InChI=1S/C25H22F4/c1-2-3-4-18-5-7-19(8-6-18)20-9-11-21(12-10-20)23-14-13-22(24(26)17-23)15-16-25(27,28)29/h5-17H,2-4H2,1H3. The lowest BCUT2D eigenvalue weighted by atomic mass is 9.98. The molecule has 0 aliphatic heterocycles. The van der Waals surface area contributed by atoms with Crippen LogP contribution in [0.4, 0.5) is 17.6 Å². The fourth-order valence-corrected chi connectivity index (χ4v) is 3.13. The van der Waals surface area contributed by atoms with Crippen LogP contribution in [0.2, 0.25) is 0 Å². The highest BCUT2D eigenvalue weighted by Crippen LogP contribution is 2.27. The molecule has 0 saturated heterocycles. The minimum absolute atomic E-state index is 0.0351. The van der Waals surface area contributed by atoms with Crippen molar-refractivity contribution >= 4 is 6.08 Å². The molecule has 3 aromatic rings. The van der Waals surface area contributed by atoms with E-state index in [0.29, 0.717) is 5.56 Å². The van der Waals surface area contributed by atoms with E-state index < -0.39 is 12.0 Å². The normalized spacial score (nSPS) is 11.9. The average molecular weight is 398 g/mol. The van der Waals surface area contributed by atoms with Gasteiger partial charge in [-0.3, -0.25) is 0 Å². The number of unbranched alkanes of at least 4 members (excludes halogenated alkanes) is 1. The maximum Gasteiger partial charge on any atom is 0.409 e. The molecule has 0 radical (unpaired) electrons. The summed E-state index contributed by atoms with van der Waals surface area (Å²) in [4.78, 5) is 0. The van der Waals surface area contributed by atoms with Crippen LogP contribution in [-0.4, -0.2) is 6.18 Å². The van der Waals surface area contributed by atoms with E-state index in [1.807, 2.05) is 24.3 Å². The van der Waals surface area contributed by atoms with Crippen molar-refractivity contribution in [3.05, 3.63) is 89.8 Å². The van der Waals surface area contributed by atoms with E-state index in [9.17, 15) is 17.6 Å². The molecular weight excluding hydrogens is 376 g/mol. The lowest BCUT2D eigenvalue weighted by molar-refractivity contribution is -0.0790. The van der Waals surface area contributed by atoms with Crippen molar-refractivity contribution in [2.24, 2.45) is 0 Å². The van der Waals surface area contributed by atoms with Crippen LogP contribution in [0.3, 0.4) is 0 Å². The summed E-state index contributed by atoms with van der Waals surface area (Å²) in [7, 11) is 0. The molecule has 0 amide bonds. The van der Waals surface area contributed by atoms with Crippen molar-refractivity contribution in [1.29, 1.82) is 0 Å². The largest absolute Gasteiger partial charge is 0.409 e. The Hall–Kier alpha value is -2.88. The van der Waals surface area contributed by atoms with E-state index in [1.165, 1.54) is 30.5 Å². The third-order valence-electron chi connectivity index (χ3n) is 4.78. The molecule has 4 heteroatoms. The minimum atomic E-state index is -4.46. The third kappa shape index (κ3) is 5.80. The van der Waals surface area contributed by atoms with Crippen molar-refractivity contribution in [2.75, 3.05) is 0 Å². The van der Waals surface area contributed by atoms with E-state index in [1.54, 1.807) is 6.07 Å². The Kier molecular flexibility index (Phi) is 6.53. The van der Waals surface area contributed by atoms with Crippen molar-refractivity contribution in [3.63, 3.8) is 0 Å². The van der Waals surface area contributed by atoms with Crippen molar-refractivity contribution in [1.82, 2.24) is 0 Å². The molecular formula is C25H22F4. The topological polar surface area (TPSA) is 0 Å². The summed E-state index contributed by atoms with van der Waals surface area (Å²) in [5.74, 6) is -0.685. The van der Waals surface area contributed by atoms with Gasteiger partial charge in [0.1, 0.15) is 5.82 Å². The van der Waals surface area contributed by atoms with Gasteiger partial charge in [-0.1, -0.05) is 74.0 Å². The second-order valence-electron chi connectivity index (χ2n) is 6.99. The quantitative estimate of drug-likeness (QED) is 0.368. The zero-order chi connectivity index (χ0) is 20.9. The van der Waals surface area contributed by atoms with Crippen LogP contribution in [0.1, 0.15) is 30.9 Å². The highest BCUT2D eigenvalue weighted by Gasteiger charge is 2.22. The monoisotopic (exact) mass is 398 g/mol. The van der Waals surface area contributed by atoms with E-state index in [4.69, 9.17) is 0 Å². The van der Waals surface area contributed by atoms with E-state index >= 15 is 0 Å². The number of alkyl halides is 3. The molecule has 0 N–H and O–H groups in total. The lowest BCUT2D eigenvalue weighted by Crippen LogP contribution is -2.00. The first-order valence-electron chi connectivity index (χ1n) is 9.61. The number of benzene rings is 3. The molecule has 0 aromatic heterocycles. The number of allylic oxidation sites excluding steroid dienone is 1. The van der Waals surface area contributed by atoms with E-state index in [2.05, 4.69) is 31.2 Å². The molecule has 0 saturated carbocycles. The predicted molar refractivity (Wildman–Crippen MR) is 111 cm³/mol. The third-order valence-corrected chi connectivity index (χ3v) is 4.78. The Bertz CT molecular complexity index is 965. The Labute approximate surface area is 168 Å². The number of aryl methyl sites for hydroxylation is 1. The first-order chi connectivity index (χ1) is 13.9. The summed E-state index contributed by atoms with van der Waals surface area (Å²) in [6.45, 7) is 2.18. The summed E-state index contributed by atoms with van der Waals surface area (Å²) < 4.78 is 51.0. The maximum absolute atomic E-state index is 14.2. The van der Waals surface area contributed by atoms with Gasteiger partial charge in [0.05, 0.1) is 0 Å². The Morgan fingerprint density at radius 2 is 1.28 bits per heavy atom. The predicted octanol–water partition coefficient (Wildman–Crippen LogP) is 8.08. The fraction of sp³-hybridized carbons (Fsp3) is 0.200.